The van der Waals surface area contributed by atoms with E-state index in [1.165, 1.54) is 203 Å². The Kier molecular flexibility index (Phi) is 63.6. The molecule has 0 radical (unpaired) electrons. The normalized spacial score (nSPS) is 10.7. The number of allylic oxidation sites excluding steroid dienone is 8. The molecule has 0 bridgehead atoms. The molecule has 10 nitrogen and oxygen atoms in total. The molecular formula is C112H124F20O10. The van der Waals surface area contributed by atoms with Gasteiger partial charge in [-0.1, -0.05) is 211 Å². The van der Waals surface area contributed by atoms with Gasteiger partial charge in [0.05, 0.1) is 0 Å². The lowest BCUT2D eigenvalue weighted by atomic mass is 10.2. The summed E-state index contributed by atoms with van der Waals surface area (Å²) in [7, 11) is 0. The van der Waals surface area contributed by atoms with Crippen LogP contribution in [0.15, 0.2) is 244 Å². The van der Waals surface area contributed by atoms with Gasteiger partial charge >= 0.3 is 0 Å². The van der Waals surface area contributed by atoms with E-state index < -0.39 is 116 Å². The highest BCUT2D eigenvalue weighted by molar-refractivity contribution is 5.38. The minimum atomic E-state index is -0.943. The Morgan fingerprint density at radius 2 is 0.268 bits per heavy atom. The number of ether oxygens (including phenoxy) is 10. The maximum Gasteiger partial charge on any atom is 0.200 e. The van der Waals surface area contributed by atoms with Crippen LogP contribution in [-0.4, -0.2) is 66.1 Å². The molecule has 0 aliphatic rings. The minimum Gasteiger partial charge on any atom is -0.486 e. The summed E-state index contributed by atoms with van der Waals surface area (Å²) in [6.45, 7) is 39.5. The molecule has 0 atom stereocenters. The van der Waals surface area contributed by atoms with Gasteiger partial charge in [-0.2, -0.15) is 43.9 Å². The van der Waals surface area contributed by atoms with E-state index in [1.54, 1.807) is 72.9 Å². The Bertz CT molecular complexity index is 5140. The van der Waals surface area contributed by atoms with Crippen molar-refractivity contribution in [2.75, 3.05) is 66.1 Å². The molecule has 0 N–H and O–H groups in total. The van der Waals surface area contributed by atoms with Crippen molar-refractivity contribution in [3.05, 3.63) is 416 Å². The summed E-state index contributed by atoms with van der Waals surface area (Å²) < 4.78 is 312. The van der Waals surface area contributed by atoms with E-state index >= 15 is 0 Å². The topological polar surface area (TPSA) is 92.3 Å². The van der Waals surface area contributed by atoms with Crippen LogP contribution in [0.2, 0.25) is 0 Å². The number of hydrogen-bond donors (Lipinski definition) is 0. The molecule has 0 aromatic heterocycles. The molecule has 772 valence electrons. The van der Waals surface area contributed by atoms with Crippen LogP contribution in [-0.2, 0) is 0 Å². The van der Waals surface area contributed by atoms with Gasteiger partial charge in [-0.3, -0.25) is 0 Å². The van der Waals surface area contributed by atoms with E-state index in [9.17, 15) is 87.8 Å². The molecule has 0 spiro atoms. The summed E-state index contributed by atoms with van der Waals surface area (Å²) in [6.07, 6.45) is 35.2. The van der Waals surface area contributed by atoms with E-state index in [2.05, 4.69) is 13.2 Å². The second-order valence-electron chi connectivity index (χ2n) is 29.6. The van der Waals surface area contributed by atoms with Crippen molar-refractivity contribution in [1.82, 2.24) is 0 Å². The minimum absolute atomic E-state index is 0.0427. The Balaban J connectivity index is 0.000000789. The SMILES string of the molecule is C/C=C\COc1ccc(C)c(F)c1F.C/C=C\COc1ccc(C)c(F)c1F.C/C=C\COc1ccc(C)c(F)c1F.C/C=C\COc1ccc(C)c(F)c1F.C=CCOc1ccc(C)c(F)c1F.C=CCOc1ccc(C)c(F)c1F.CC/C=C\COc1ccc(C)c(F)c1F.CC/C=C\COc1ccc(C)c(F)c1F.CC/C=C\COc1ccc(C)c(F)c1F.CC/C=C\COc1ccc(C)c(F)c1F. The molecule has 142 heavy (non-hydrogen) atoms. The lowest BCUT2D eigenvalue weighted by molar-refractivity contribution is 0.331. The highest BCUT2D eigenvalue weighted by Crippen LogP contribution is 2.31. The van der Waals surface area contributed by atoms with E-state index in [0.717, 1.165) is 25.7 Å². The third-order valence-electron chi connectivity index (χ3n) is 18.3. The molecule has 0 heterocycles. The van der Waals surface area contributed by atoms with Crippen molar-refractivity contribution < 1.29 is 135 Å². The lowest BCUT2D eigenvalue weighted by Gasteiger charge is -2.06. The van der Waals surface area contributed by atoms with Crippen LogP contribution in [0.3, 0.4) is 0 Å². The molecule has 0 fully saturated rings. The van der Waals surface area contributed by atoms with Gasteiger partial charge in [0.25, 0.3) is 0 Å². The van der Waals surface area contributed by atoms with Crippen LogP contribution in [0, 0.1) is 186 Å². The number of benzene rings is 10. The molecule has 10 rings (SSSR count). The van der Waals surface area contributed by atoms with Crippen LogP contribution in [0.25, 0.3) is 0 Å². The molecular weight excluding hydrogens is 1890 g/mol. The van der Waals surface area contributed by atoms with Crippen LogP contribution >= 0.6 is 0 Å². The monoisotopic (exact) mass is 2010 g/mol. The molecule has 0 saturated heterocycles. The molecule has 0 aliphatic heterocycles. The van der Waals surface area contributed by atoms with E-state index in [-0.39, 0.29) is 179 Å². The molecule has 0 saturated carbocycles. The largest absolute Gasteiger partial charge is 0.486 e. The smallest absolute Gasteiger partial charge is 0.200 e. The fourth-order valence-corrected chi connectivity index (χ4v) is 10.1. The highest BCUT2D eigenvalue weighted by Gasteiger charge is 2.20. The summed E-state index contributed by atoms with van der Waals surface area (Å²) >= 11 is 0. The summed E-state index contributed by atoms with van der Waals surface area (Å²) in [5.41, 5.74) is 2.77. The second-order valence-corrected chi connectivity index (χ2v) is 29.6. The third kappa shape index (κ3) is 45.6. The Morgan fingerprint density at radius 3 is 0.366 bits per heavy atom. The average Bonchev–Trinajstić information content (AvgIpc) is 0.897. The van der Waals surface area contributed by atoms with Gasteiger partial charge in [0, 0.05) is 0 Å². The lowest BCUT2D eigenvalue weighted by Crippen LogP contribution is -1.99. The Labute approximate surface area is 821 Å². The molecule has 30 heteroatoms. The predicted molar refractivity (Wildman–Crippen MR) is 523 cm³/mol. The van der Waals surface area contributed by atoms with Gasteiger partial charge < -0.3 is 47.4 Å². The predicted octanol–water partition coefficient (Wildman–Crippen LogP) is 33.1. The molecule has 0 unspecified atom stereocenters. The van der Waals surface area contributed by atoms with E-state index in [1.807, 2.05) is 79.7 Å². The van der Waals surface area contributed by atoms with Crippen molar-refractivity contribution in [2.45, 2.75) is 150 Å². The average molecular weight is 2010 g/mol. The maximum absolute atomic E-state index is 13.2. The van der Waals surface area contributed by atoms with Crippen molar-refractivity contribution in [2.24, 2.45) is 0 Å². The summed E-state index contributed by atoms with van der Waals surface area (Å²) in [4.78, 5) is 0. The zero-order chi connectivity index (χ0) is 107. The first-order valence-corrected chi connectivity index (χ1v) is 44.7. The van der Waals surface area contributed by atoms with Crippen molar-refractivity contribution in [3.8, 4) is 57.5 Å². The Hall–Kier alpha value is -13.8. The highest BCUT2D eigenvalue weighted by atomic mass is 19.2. The first-order chi connectivity index (χ1) is 67.6. The van der Waals surface area contributed by atoms with Crippen LogP contribution < -0.4 is 47.4 Å². The number of halogens is 20. The van der Waals surface area contributed by atoms with Gasteiger partial charge in [0.2, 0.25) is 58.2 Å². The second kappa shape index (κ2) is 71.6. The van der Waals surface area contributed by atoms with Crippen molar-refractivity contribution in [1.29, 1.82) is 0 Å². The first kappa shape index (κ1) is 126. The molecule has 0 amide bonds. The van der Waals surface area contributed by atoms with E-state index in [4.69, 9.17) is 47.4 Å². The summed E-state index contributed by atoms with van der Waals surface area (Å²) in [5.74, 6) is -18.2. The first-order valence-electron chi connectivity index (χ1n) is 44.7. The van der Waals surface area contributed by atoms with Crippen LogP contribution in [0.5, 0.6) is 57.5 Å². The van der Waals surface area contributed by atoms with Crippen molar-refractivity contribution >= 4 is 0 Å². The van der Waals surface area contributed by atoms with Crippen LogP contribution in [0.1, 0.15) is 137 Å². The van der Waals surface area contributed by atoms with Gasteiger partial charge in [0.15, 0.2) is 116 Å². The quantitative estimate of drug-likeness (QED) is 0.0287. The fraction of sp³-hybridized carbons (Fsp3) is 0.286. The van der Waals surface area contributed by atoms with Gasteiger partial charge in [-0.15, -0.1) is 0 Å². The molecule has 10 aromatic rings. The zero-order valence-corrected chi connectivity index (χ0v) is 82.9. The summed E-state index contributed by atoms with van der Waals surface area (Å²) in [6, 6.07) is 29.1. The number of hydrogen-bond acceptors (Lipinski definition) is 10. The maximum atomic E-state index is 13.2. The molecule has 10 aromatic carbocycles. The fourth-order valence-electron chi connectivity index (χ4n) is 10.1. The number of aryl methyl sites for hydroxylation is 10. The summed E-state index contributed by atoms with van der Waals surface area (Å²) in [5, 5.41) is 0. The molecule has 0 aliphatic carbocycles. The standard InChI is InChI=1S/4C12H14F2O.4C11H12F2O.2C10H10F2O/c4*1-3-4-5-8-15-10-7-6-9(2)11(13)12(10)14;4*1-3-4-7-14-9-6-5-8(2)10(12)11(9)13;2*1-3-6-13-8-5-4-7(2)9(11)10(8)12/h4*4-7H,3,8H2,1-2H3;4*3-6H,7H2,1-2H3;2*3-5H,1,6H2,2H3/b4*5-4-;4*4-3-;;. The van der Waals surface area contributed by atoms with E-state index in [0.29, 0.717) is 0 Å². The third-order valence-corrected chi connectivity index (χ3v) is 18.3. The number of rotatable bonds is 34. The van der Waals surface area contributed by atoms with Crippen LogP contribution in [0.4, 0.5) is 87.8 Å². The Morgan fingerprint density at radius 1 is 0.162 bits per heavy atom. The van der Waals surface area contributed by atoms with Gasteiger partial charge in [-0.25, -0.2) is 43.9 Å². The van der Waals surface area contributed by atoms with Crippen molar-refractivity contribution in [3.63, 3.8) is 0 Å². The zero-order valence-electron chi connectivity index (χ0n) is 82.9. The van der Waals surface area contributed by atoms with Gasteiger partial charge in [0.1, 0.15) is 66.1 Å². The van der Waals surface area contributed by atoms with Gasteiger partial charge in [-0.05, 0) is 239 Å².